The molecule has 1 aromatic carbocycles. The highest BCUT2D eigenvalue weighted by molar-refractivity contribution is 9.10. The predicted octanol–water partition coefficient (Wildman–Crippen LogP) is 4.44. The monoisotopic (exact) mass is 319 g/mol. The van der Waals surface area contributed by atoms with E-state index in [1.54, 1.807) is 0 Å². The fourth-order valence-electron chi connectivity index (χ4n) is 1.99. The number of unbranched alkanes of at least 4 members (excludes halogenated alkanes) is 2. The Hall–Kier alpha value is -0.480. The molecule has 0 aliphatic carbocycles. The average Bonchev–Trinajstić information content (AvgIpc) is 2.37. The van der Waals surface area contributed by atoms with Crippen molar-refractivity contribution in [2.45, 2.75) is 45.1 Å². The minimum Gasteiger partial charge on any atom is -0.317 e. The molecule has 1 N–H and O–H groups in total. The number of hydrogen-bond acceptors (Lipinski definition) is 1. The SMILES string of the molecule is CCCCCC(Cc1c(F)ccc(Br)c1F)NC. The minimum absolute atomic E-state index is 0.120. The molecular weight excluding hydrogens is 300 g/mol. The molecule has 0 aliphatic rings. The zero-order valence-corrected chi connectivity index (χ0v) is 12.5. The van der Waals surface area contributed by atoms with Crippen LogP contribution in [0.15, 0.2) is 16.6 Å². The minimum atomic E-state index is -0.481. The number of halogens is 3. The van der Waals surface area contributed by atoms with Crippen LogP contribution >= 0.6 is 15.9 Å². The van der Waals surface area contributed by atoms with Gasteiger partial charge >= 0.3 is 0 Å². The number of benzene rings is 1. The van der Waals surface area contributed by atoms with Crippen molar-refractivity contribution in [3.8, 4) is 0 Å². The van der Waals surface area contributed by atoms with E-state index < -0.39 is 11.6 Å². The molecule has 1 aromatic rings. The zero-order valence-electron chi connectivity index (χ0n) is 10.9. The van der Waals surface area contributed by atoms with Gasteiger partial charge in [-0.05, 0) is 48.0 Å². The second-order valence-electron chi connectivity index (χ2n) is 4.51. The van der Waals surface area contributed by atoms with E-state index in [9.17, 15) is 8.78 Å². The summed E-state index contributed by atoms with van der Waals surface area (Å²) in [6.45, 7) is 2.14. The summed E-state index contributed by atoms with van der Waals surface area (Å²) in [4.78, 5) is 0. The number of likely N-dealkylation sites (N-methyl/N-ethyl adjacent to an activating group) is 1. The molecule has 0 radical (unpaired) electrons. The maximum absolute atomic E-state index is 13.8. The van der Waals surface area contributed by atoms with Crippen molar-refractivity contribution in [3.05, 3.63) is 33.8 Å². The van der Waals surface area contributed by atoms with Crippen LogP contribution in [0.1, 0.15) is 38.2 Å². The second kappa shape index (κ2) is 7.85. The number of nitrogens with one attached hydrogen (secondary N) is 1. The highest BCUT2D eigenvalue weighted by atomic mass is 79.9. The van der Waals surface area contributed by atoms with Gasteiger partial charge in [0.15, 0.2) is 0 Å². The summed E-state index contributed by atoms with van der Waals surface area (Å²) in [5.74, 6) is -0.947. The third-order valence-electron chi connectivity index (χ3n) is 3.15. The van der Waals surface area contributed by atoms with Crippen LogP contribution < -0.4 is 5.32 Å². The van der Waals surface area contributed by atoms with E-state index in [4.69, 9.17) is 0 Å². The Morgan fingerprint density at radius 2 is 2.00 bits per heavy atom. The molecule has 0 aromatic heterocycles. The Morgan fingerprint density at radius 1 is 1.28 bits per heavy atom. The lowest BCUT2D eigenvalue weighted by molar-refractivity contribution is 0.464. The molecule has 1 nitrogen and oxygen atoms in total. The topological polar surface area (TPSA) is 12.0 Å². The van der Waals surface area contributed by atoms with Gasteiger partial charge in [-0.3, -0.25) is 0 Å². The molecule has 0 aliphatic heterocycles. The van der Waals surface area contributed by atoms with Crippen molar-refractivity contribution in [2.75, 3.05) is 7.05 Å². The van der Waals surface area contributed by atoms with Crippen molar-refractivity contribution in [3.63, 3.8) is 0 Å². The van der Waals surface area contributed by atoms with Crippen LogP contribution in [0.3, 0.4) is 0 Å². The third-order valence-corrected chi connectivity index (χ3v) is 3.77. The largest absolute Gasteiger partial charge is 0.317 e. The van der Waals surface area contributed by atoms with Crippen LogP contribution in [0.4, 0.5) is 8.78 Å². The van der Waals surface area contributed by atoms with Crippen molar-refractivity contribution < 1.29 is 8.78 Å². The van der Waals surface area contributed by atoms with E-state index in [0.717, 1.165) is 25.7 Å². The second-order valence-corrected chi connectivity index (χ2v) is 5.36. The van der Waals surface area contributed by atoms with Crippen molar-refractivity contribution >= 4 is 15.9 Å². The molecule has 4 heteroatoms. The lowest BCUT2D eigenvalue weighted by Gasteiger charge is -2.17. The first-order valence-electron chi connectivity index (χ1n) is 6.39. The molecule has 102 valence electrons. The predicted molar refractivity (Wildman–Crippen MR) is 74.8 cm³/mol. The first kappa shape index (κ1) is 15.6. The van der Waals surface area contributed by atoms with E-state index in [2.05, 4.69) is 28.2 Å². The Labute approximate surface area is 116 Å². The van der Waals surface area contributed by atoms with Gasteiger partial charge in [0.2, 0.25) is 0 Å². The van der Waals surface area contributed by atoms with Gasteiger partial charge in [0.25, 0.3) is 0 Å². The zero-order chi connectivity index (χ0) is 13.5. The number of rotatable bonds is 7. The molecule has 1 rings (SSSR count). The van der Waals surface area contributed by atoms with Gasteiger partial charge in [0.05, 0.1) is 4.47 Å². The van der Waals surface area contributed by atoms with Crippen molar-refractivity contribution in [1.82, 2.24) is 5.32 Å². The van der Waals surface area contributed by atoms with Crippen LogP contribution in [-0.4, -0.2) is 13.1 Å². The van der Waals surface area contributed by atoms with Crippen molar-refractivity contribution in [1.29, 1.82) is 0 Å². The molecule has 0 spiro atoms. The first-order chi connectivity index (χ1) is 8.60. The number of hydrogen-bond donors (Lipinski definition) is 1. The summed E-state index contributed by atoms with van der Waals surface area (Å²) in [5.41, 5.74) is 0.167. The maximum Gasteiger partial charge on any atom is 0.143 e. The molecule has 1 unspecified atom stereocenters. The van der Waals surface area contributed by atoms with Crippen molar-refractivity contribution in [2.24, 2.45) is 0 Å². The van der Waals surface area contributed by atoms with E-state index in [-0.39, 0.29) is 11.6 Å². The highest BCUT2D eigenvalue weighted by Gasteiger charge is 2.16. The molecule has 0 fully saturated rings. The van der Waals surface area contributed by atoms with Gasteiger partial charge < -0.3 is 5.32 Å². The van der Waals surface area contributed by atoms with Gasteiger partial charge in [-0.2, -0.15) is 0 Å². The van der Waals surface area contributed by atoms with Gasteiger partial charge in [-0.1, -0.05) is 26.2 Å². The quantitative estimate of drug-likeness (QED) is 0.578. The third kappa shape index (κ3) is 4.32. The van der Waals surface area contributed by atoms with E-state index in [1.807, 2.05) is 7.05 Å². The van der Waals surface area contributed by atoms with Crippen LogP contribution in [0.2, 0.25) is 0 Å². The summed E-state index contributed by atoms with van der Waals surface area (Å²) in [6, 6.07) is 2.83. The molecule has 0 bridgehead atoms. The fourth-order valence-corrected chi connectivity index (χ4v) is 2.36. The normalized spacial score (nSPS) is 12.7. The molecular formula is C14H20BrF2N. The lowest BCUT2D eigenvalue weighted by Crippen LogP contribution is -2.28. The molecule has 0 amide bonds. The Morgan fingerprint density at radius 3 is 2.61 bits per heavy atom. The molecule has 1 atom stereocenters. The Kier molecular flexibility index (Phi) is 6.79. The standard InChI is InChI=1S/C14H20BrF2N/c1-3-4-5-6-10(18-2)9-11-13(16)8-7-12(15)14(11)17/h7-8,10,18H,3-6,9H2,1-2H3. The summed E-state index contributed by atoms with van der Waals surface area (Å²) in [7, 11) is 1.84. The maximum atomic E-state index is 13.8. The molecule has 18 heavy (non-hydrogen) atoms. The Balaban J connectivity index is 2.72. The molecule has 0 saturated heterocycles. The fraction of sp³-hybridized carbons (Fsp3) is 0.571. The average molecular weight is 320 g/mol. The lowest BCUT2D eigenvalue weighted by atomic mass is 10.00. The summed E-state index contributed by atoms with van der Waals surface area (Å²) in [5, 5.41) is 3.13. The molecule has 0 heterocycles. The van der Waals surface area contributed by atoms with Gasteiger partial charge in [0, 0.05) is 11.6 Å². The Bertz CT molecular complexity index is 382. The van der Waals surface area contributed by atoms with Gasteiger partial charge in [-0.25, -0.2) is 8.78 Å². The van der Waals surface area contributed by atoms with E-state index in [0.29, 0.717) is 10.9 Å². The van der Waals surface area contributed by atoms with Crippen LogP contribution in [-0.2, 0) is 6.42 Å². The van der Waals surface area contributed by atoms with E-state index in [1.165, 1.54) is 12.1 Å². The van der Waals surface area contributed by atoms with Gasteiger partial charge in [0.1, 0.15) is 11.6 Å². The smallest absolute Gasteiger partial charge is 0.143 e. The van der Waals surface area contributed by atoms with Crippen LogP contribution in [0, 0.1) is 11.6 Å². The summed E-state index contributed by atoms with van der Waals surface area (Å²) in [6.07, 6.45) is 4.71. The molecule has 0 saturated carbocycles. The van der Waals surface area contributed by atoms with Crippen LogP contribution in [0.5, 0.6) is 0 Å². The summed E-state index contributed by atoms with van der Waals surface area (Å²) < 4.78 is 27.8. The highest BCUT2D eigenvalue weighted by Crippen LogP contribution is 2.23. The first-order valence-corrected chi connectivity index (χ1v) is 7.19. The summed E-state index contributed by atoms with van der Waals surface area (Å²) >= 11 is 3.09. The van der Waals surface area contributed by atoms with Gasteiger partial charge in [-0.15, -0.1) is 0 Å². The van der Waals surface area contributed by atoms with E-state index >= 15 is 0 Å². The van der Waals surface area contributed by atoms with Crippen LogP contribution in [0.25, 0.3) is 0 Å².